The van der Waals surface area contributed by atoms with Crippen molar-refractivity contribution in [1.82, 2.24) is 0 Å². The van der Waals surface area contributed by atoms with Gasteiger partial charge in [0.2, 0.25) is 5.88 Å². The Balaban J connectivity index is 2.35. The van der Waals surface area contributed by atoms with Crippen molar-refractivity contribution in [2.75, 3.05) is 10.8 Å². The van der Waals surface area contributed by atoms with Crippen LogP contribution in [0.2, 0.25) is 0 Å². The van der Waals surface area contributed by atoms with Crippen molar-refractivity contribution >= 4 is 31.8 Å². The summed E-state index contributed by atoms with van der Waals surface area (Å²) in [4.78, 5) is 0.275. The van der Waals surface area contributed by atoms with E-state index in [-0.39, 0.29) is 4.90 Å². The quantitative estimate of drug-likeness (QED) is 0.662. The standard InChI is InChI=1S/C16H20BrNO3S/c1-13(2)9-10-18(16-4-3-11-21-16)22(19,20)15-7-5-14(12-17)6-8-15/h3-8,11,13H,9-10,12H2,1-2H3. The van der Waals surface area contributed by atoms with Crippen LogP contribution in [0.3, 0.4) is 0 Å². The van der Waals surface area contributed by atoms with Crippen LogP contribution in [-0.2, 0) is 15.4 Å². The summed E-state index contributed by atoms with van der Waals surface area (Å²) in [6.07, 6.45) is 2.25. The first-order chi connectivity index (χ1) is 10.4. The summed E-state index contributed by atoms with van der Waals surface area (Å²) in [7, 11) is -3.62. The van der Waals surface area contributed by atoms with Crippen molar-refractivity contribution in [1.29, 1.82) is 0 Å². The second kappa shape index (κ2) is 7.33. The lowest BCUT2D eigenvalue weighted by Crippen LogP contribution is -2.32. The summed E-state index contributed by atoms with van der Waals surface area (Å²) in [5.41, 5.74) is 1.03. The number of hydrogen-bond acceptors (Lipinski definition) is 3. The van der Waals surface area contributed by atoms with E-state index in [1.165, 1.54) is 10.6 Å². The van der Waals surface area contributed by atoms with Crippen molar-refractivity contribution in [2.45, 2.75) is 30.5 Å². The first kappa shape index (κ1) is 17.1. The number of sulfonamides is 1. The van der Waals surface area contributed by atoms with Gasteiger partial charge in [-0.15, -0.1) is 0 Å². The average Bonchev–Trinajstić information content (AvgIpc) is 3.01. The van der Waals surface area contributed by atoms with Crippen LogP contribution in [0, 0.1) is 5.92 Å². The summed E-state index contributed by atoms with van der Waals surface area (Å²) in [6.45, 7) is 4.53. The van der Waals surface area contributed by atoms with E-state index in [4.69, 9.17) is 4.42 Å². The van der Waals surface area contributed by atoms with Crippen LogP contribution in [0.15, 0.2) is 52.0 Å². The second-order valence-electron chi connectivity index (χ2n) is 5.49. The largest absolute Gasteiger partial charge is 0.448 e. The van der Waals surface area contributed by atoms with E-state index in [0.29, 0.717) is 23.7 Å². The Bertz CT molecular complexity index is 679. The molecular formula is C16H20BrNO3S. The normalized spacial score (nSPS) is 11.8. The first-order valence-corrected chi connectivity index (χ1v) is 9.72. The van der Waals surface area contributed by atoms with Gasteiger partial charge in [0.15, 0.2) is 0 Å². The monoisotopic (exact) mass is 385 g/mol. The molecule has 0 bridgehead atoms. The summed E-state index contributed by atoms with van der Waals surface area (Å²) in [6, 6.07) is 10.3. The highest BCUT2D eigenvalue weighted by atomic mass is 79.9. The van der Waals surface area contributed by atoms with E-state index in [9.17, 15) is 8.42 Å². The molecule has 0 spiro atoms. The van der Waals surface area contributed by atoms with Crippen LogP contribution in [0.4, 0.5) is 5.88 Å². The Kier molecular flexibility index (Phi) is 5.69. The molecule has 1 heterocycles. The molecule has 0 saturated carbocycles. The van der Waals surface area contributed by atoms with Crippen LogP contribution < -0.4 is 4.31 Å². The maximum absolute atomic E-state index is 12.9. The van der Waals surface area contributed by atoms with Gasteiger partial charge in [0, 0.05) is 17.9 Å². The lowest BCUT2D eigenvalue weighted by molar-refractivity contribution is 0.530. The molecule has 0 N–H and O–H groups in total. The predicted molar refractivity (Wildman–Crippen MR) is 91.8 cm³/mol. The van der Waals surface area contributed by atoms with Gasteiger partial charge in [-0.05, 0) is 36.1 Å². The van der Waals surface area contributed by atoms with E-state index in [0.717, 1.165) is 12.0 Å². The fraction of sp³-hybridized carbons (Fsp3) is 0.375. The maximum atomic E-state index is 12.9. The highest BCUT2D eigenvalue weighted by molar-refractivity contribution is 9.08. The van der Waals surface area contributed by atoms with Gasteiger partial charge in [0.05, 0.1) is 11.2 Å². The number of nitrogens with zero attached hydrogens (tertiary/aromatic N) is 1. The highest BCUT2D eigenvalue weighted by Crippen LogP contribution is 2.25. The lowest BCUT2D eigenvalue weighted by atomic mass is 10.1. The number of anilines is 1. The van der Waals surface area contributed by atoms with Crippen molar-refractivity contribution < 1.29 is 12.8 Å². The number of halogens is 1. The zero-order valence-corrected chi connectivity index (χ0v) is 15.1. The lowest BCUT2D eigenvalue weighted by Gasteiger charge is -2.22. The molecule has 2 aromatic rings. The van der Waals surface area contributed by atoms with E-state index < -0.39 is 10.0 Å². The van der Waals surface area contributed by atoms with Gasteiger partial charge >= 0.3 is 0 Å². The molecule has 0 atom stereocenters. The molecule has 120 valence electrons. The predicted octanol–water partition coefficient (Wildman–Crippen LogP) is 4.42. The highest BCUT2D eigenvalue weighted by Gasteiger charge is 2.26. The van der Waals surface area contributed by atoms with Crippen molar-refractivity contribution in [2.24, 2.45) is 5.92 Å². The van der Waals surface area contributed by atoms with Gasteiger partial charge in [-0.1, -0.05) is 41.9 Å². The number of furan rings is 1. The molecule has 0 aliphatic carbocycles. The van der Waals surface area contributed by atoms with Gasteiger partial charge in [-0.3, -0.25) is 0 Å². The Morgan fingerprint density at radius 1 is 1.18 bits per heavy atom. The minimum Gasteiger partial charge on any atom is -0.448 e. The van der Waals surface area contributed by atoms with Crippen molar-refractivity contribution in [3.8, 4) is 0 Å². The zero-order chi connectivity index (χ0) is 16.2. The molecule has 0 radical (unpaired) electrons. The van der Waals surface area contributed by atoms with Gasteiger partial charge in [-0.2, -0.15) is 0 Å². The van der Waals surface area contributed by atoms with E-state index in [1.54, 1.807) is 24.3 Å². The fourth-order valence-corrected chi connectivity index (χ4v) is 3.81. The van der Waals surface area contributed by atoms with E-state index >= 15 is 0 Å². The summed E-state index contributed by atoms with van der Waals surface area (Å²) >= 11 is 3.36. The van der Waals surface area contributed by atoms with Crippen LogP contribution >= 0.6 is 15.9 Å². The number of benzene rings is 1. The van der Waals surface area contributed by atoms with Crippen molar-refractivity contribution in [3.63, 3.8) is 0 Å². The summed E-state index contributed by atoms with van der Waals surface area (Å²) in [5, 5.41) is 0.697. The third-order valence-electron chi connectivity index (χ3n) is 3.33. The number of alkyl halides is 1. The van der Waals surface area contributed by atoms with Gasteiger partial charge in [0.1, 0.15) is 0 Å². The number of rotatable bonds is 7. The van der Waals surface area contributed by atoms with Crippen LogP contribution in [-0.4, -0.2) is 15.0 Å². The van der Waals surface area contributed by atoms with Crippen LogP contribution in [0.5, 0.6) is 0 Å². The topological polar surface area (TPSA) is 50.5 Å². The van der Waals surface area contributed by atoms with Crippen LogP contribution in [0.25, 0.3) is 0 Å². The average molecular weight is 386 g/mol. The molecule has 0 saturated heterocycles. The molecular weight excluding hydrogens is 366 g/mol. The molecule has 0 aliphatic heterocycles. The molecule has 2 rings (SSSR count). The van der Waals surface area contributed by atoms with Gasteiger partial charge in [0.25, 0.3) is 10.0 Å². The Labute approximate surface area is 140 Å². The smallest absolute Gasteiger partial charge is 0.266 e. The van der Waals surface area contributed by atoms with E-state index in [2.05, 4.69) is 29.8 Å². The molecule has 0 aliphatic rings. The summed E-state index contributed by atoms with van der Waals surface area (Å²) in [5.74, 6) is 0.758. The van der Waals surface area contributed by atoms with E-state index in [1.807, 2.05) is 12.1 Å². The minimum absolute atomic E-state index is 0.275. The SMILES string of the molecule is CC(C)CCN(c1ccco1)S(=O)(=O)c1ccc(CBr)cc1. The third kappa shape index (κ3) is 3.93. The molecule has 4 nitrogen and oxygen atoms in total. The molecule has 1 aromatic heterocycles. The minimum atomic E-state index is -3.62. The van der Waals surface area contributed by atoms with Crippen molar-refractivity contribution in [3.05, 3.63) is 48.2 Å². The van der Waals surface area contributed by atoms with Gasteiger partial charge < -0.3 is 4.42 Å². The Morgan fingerprint density at radius 2 is 1.86 bits per heavy atom. The fourth-order valence-electron chi connectivity index (χ4n) is 2.01. The molecule has 22 heavy (non-hydrogen) atoms. The van der Waals surface area contributed by atoms with Gasteiger partial charge in [-0.25, -0.2) is 12.7 Å². The Morgan fingerprint density at radius 3 is 2.36 bits per heavy atom. The molecule has 0 amide bonds. The Hall–Kier alpha value is -1.27. The number of hydrogen-bond donors (Lipinski definition) is 0. The molecule has 0 fully saturated rings. The van der Waals surface area contributed by atoms with Crippen LogP contribution in [0.1, 0.15) is 25.8 Å². The summed E-state index contributed by atoms with van der Waals surface area (Å²) < 4.78 is 32.5. The maximum Gasteiger partial charge on any atom is 0.266 e. The molecule has 0 unspecified atom stereocenters. The zero-order valence-electron chi connectivity index (χ0n) is 12.7. The second-order valence-corrected chi connectivity index (χ2v) is 7.91. The molecule has 6 heteroatoms. The third-order valence-corrected chi connectivity index (χ3v) is 5.79. The molecule has 1 aromatic carbocycles. The first-order valence-electron chi connectivity index (χ1n) is 7.16.